The molecule has 2 aromatic carbocycles. The number of fused-ring (bicyclic) bond motifs is 3. The van der Waals surface area contributed by atoms with Gasteiger partial charge in [-0.15, -0.1) is 0 Å². The van der Waals surface area contributed by atoms with E-state index >= 15 is 0 Å². The molecule has 148 valence electrons. The van der Waals surface area contributed by atoms with E-state index in [2.05, 4.69) is 5.32 Å². The first-order valence-electron chi connectivity index (χ1n) is 9.26. The Morgan fingerprint density at radius 3 is 2.68 bits per heavy atom. The number of hydrogen-bond donors (Lipinski definition) is 1. The number of furan rings is 1. The van der Waals surface area contributed by atoms with Crippen molar-refractivity contribution in [2.45, 2.75) is 12.8 Å². The van der Waals surface area contributed by atoms with Gasteiger partial charge in [0.25, 0.3) is 10.2 Å². The molecule has 1 atom stereocenters. The molecule has 4 rings (SSSR count). The van der Waals surface area contributed by atoms with Crippen LogP contribution in [-0.4, -0.2) is 50.1 Å². The van der Waals surface area contributed by atoms with Gasteiger partial charge >= 0.3 is 0 Å². The van der Waals surface area contributed by atoms with Crippen LogP contribution in [0.25, 0.3) is 21.9 Å². The number of para-hydroxylation sites is 1. The number of piperidine rings is 1. The summed E-state index contributed by atoms with van der Waals surface area (Å²) >= 11 is 0. The van der Waals surface area contributed by atoms with Crippen LogP contribution in [0.1, 0.15) is 12.8 Å². The van der Waals surface area contributed by atoms with Crippen LogP contribution in [0.15, 0.2) is 46.9 Å². The highest BCUT2D eigenvalue weighted by atomic mass is 32.2. The Morgan fingerprint density at radius 2 is 1.89 bits per heavy atom. The molecule has 28 heavy (non-hydrogen) atoms. The summed E-state index contributed by atoms with van der Waals surface area (Å²) in [5.41, 5.74) is 2.15. The molecule has 1 aliphatic heterocycles. The molecule has 0 radical (unpaired) electrons. The molecule has 0 bridgehead atoms. The second-order valence-corrected chi connectivity index (χ2v) is 9.43. The van der Waals surface area contributed by atoms with Gasteiger partial charge in [0, 0.05) is 49.7 Å². The molecule has 7 nitrogen and oxygen atoms in total. The molecule has 0 saturated carbocycles. The van der Waals surface area contributed by atoms with Gasteiger partial charge in [0.15, 0.2) is 0 Å². The van der Waals surface area contributed by atoms with E-state index in [9.17, 15) is 13.2 Å². The zero-order valence-corrected chi connectivity index (χ0v) is 16.7. The molecule has 1 fully saturated rings. The Morgan fingerprint density at radius 1 is 1.14 bits per heavy atom. The van der Waals surface area contributed by atoms with Crippen LogP contribution in [0.5, 0.6) is 0 Å². The molecule has 2 heterocycles. The molecule has 3 aromatic rings. The highest BCUT2D eigenvalue weighted by Crippen LogP contribution is 2.30. The number of amides is 1. The normalized spacial score (nSPS) is 18.8. The maximum Gasteiger partial charge on any atom is 0.281 e. The van der Waals surface area contributed by atoms with Gasteiger partial charge in [-0.3, -0.25) is 4.79 Å². The van der Waals surface area contributed by atoms with Crippen LogP contribution < -0.4 is 5.32 Å². The first kappa shape index (κ1) is 18.9. The molecular weight excluding hydrogens is 378 g/mol. The maximum atomic E-state index is 12.7. The largest absolute Gasteiger partial charge is 0.456 e. The Labute approximate surface area is 164 Å². The lowest BCUT2D eigenvalue weighted by Crippen LogP contribution is -2.47. The number of carbonyl (C=O) groups excluding carboxylic acids is 1. The summed E-state index contributed by atoms with van der Waals surface area (Å²) in [6.07, 6.45) is 1.33. The quantitative estimate of drug-likeness (QED) is 0.728. The summed E-state index contributed by atoms with van der Waals surface area (Å²) in [6, 6.07) is 13.4. The Bertz CT molecular complexity index is 1140. The summed E-state index contributed by atoms with van der Waals surface area (Å²) in [7, 11) is -0.508. The zero-order valence-electron chi connectivity index (χ0n) is 15.9. The van der Waals surface area contributed by atoms with Crippen molar-refractivity contribution in [1.29, 1.82) is 0 Å². The van der Waals surface area contributed by atoms with E-state index in [1.54, 1.807) is 0 Å². The van der Waals surface area contributed by atoms with Crippen molar-refractivity contribution in [2.24, 2.45) is 5.92 Å². The van der Waals surface area contributed by atoms with E-state index in [0.717, 1.165) is 16.4 Å². The predicted molar refractivity (Wildman–Crippen MR) is 109 cm³/mol. The number of benzene rings is 2. The van der Waals surface area contributed by atoms with Crippen LogP contribution in [0.2, 0.25) is 0 Å². The van der Waals surface area contributed by atoms with Gasteiger partial charge < -0.3 is 9.73 Å². The van der Waals surface area contributed by atoms with Gasteiger partial charge in [0.1, 0.15) is 11.2 Å². The van der Waals surface area contributed by atoms with Gasteiger partial charge in [-0.1, -0.05) is 18.2 Å². The lowest BCUT2D eigenvalue weighted by molar-refractivity contribution is -0.120. The standard InChI is InChI=1S/C20H23N3O4S/c1-22(2)28(25,26)23-11-5-6-14(13-23)20(24)21-15-9-10-17-16-7-3-4-8-18(16)27-19(17)12-15/h3-4,7-10,12,14H,5-6,11,13H2,1-2H3,(H,21,24)/t14-/m0/s1. The first-order chi connectivity index (χ1) is 13.4. The minimum Gasteiger partial charge on any atom is -0.456 e. The molecule has 1 aliphatic rings. The molecule has 1 N–H and O–H groups in total. The van der Waals surface area contributed by atoms with E-state index in [1.165, 1.54) is 22.7 Å². The second kappa shape index (κ2) is 7.20. The minimum atomic E-state index is -3.51. The third-order valence-electron chi connectivity index (χ3n) is 5.19. The average Bonchev–Trinajstić information content (AvgIpc) is 3.05. The van der Waals surface area contributed by atoms with Gasteiger partial charge in [-0.2, -0.15) is 17.0 Å². The number of hydrogen-bond acceptors (Lipinski definition) is 4. The highest BCUT2D eigenvalue weighted by Gasteiger charge is 2.33. The fourth-order valence-electron chi connectivity index (χ4n) is 3.64. The van der Waals surface area contributed by atoms with E-state index in [1.807, 2.05) is 42.5 Å². The summed E-state index contributed by atoms with van der Waals surface area (Å²) < 4.78 is 33.1. The Hall–Kier alpha value is -2.42. The number of nitrogens with one attached hydrogen (secondary N) is 1. The van der Waals surface area contributed by atoms with Crippen LogP contribution in [0.3, 0.4) is 0 Å². The van der Waals surface area contributed by atoms with Crippen molar-refractivity contribution in [1.82, 2.24) is 8.61 Å². The highest BCUT2D eigenvalue weighted by molar-refractivity contribution is 7.86. The molecule has 1 amide bonds. The third-order valence-corrected chi connectivity index (χ3v) is 7.10. The topological polar surface area (TPSA) is 82.9 Å². The Kier molecular flexibility index (Phi) is 4.86. The number of carbonyl (C=O) groups is 1. The summed E-state index contributed by atoms with van der Waals surface area (Å²) in [5.74, 6) is -0.552. The van der Waals surface area contributed by atoms with Crippen molar-refractivity contribution in [3.05, 3.63) is 42.5 Å². The predicted octanol–water partition coefficient (Wildman–Crippen LogP) is 3.04. The van der Waals surface area contributed by atoms with Crippen LogP contribution in [-0.2, 0) is 15.0 Å². The molecule has 0 spiro atoms. The minimum absolute atomic E-state index is 0.172. The maximum absolute atomic E-state index is 12.7. The van der Waals surface area contributed by atoms with Crippen LogP contribution >= 0.6 is 0 Å². The number of rotatable bonds is 4. The molecule has 8 heteroatoms. The van der Waals surface area contributed by atoms with E-state index < -0.39 is 10.2 Å². The van der Waals surface area contributed by atoms with E-state index in [4.69, 9.17) is 4.42 Å². The second-order valence-electron chi connectivity index (χ2n) is 7.29. The lowest BCUT2D eigenvalue weighted by atomic mass is 9.98. The van der Waals surface area contributed by atoms with Crippen molar-refractivity contribution in [2.75, 3.05) is 32.5 Å². The third kappa shape index (κ3) is 3.39. The first-order valence-corrected chi connectivity index (χ1v) is 10.7. The van der Waals surface area contributed by atoms with Crippen molar-refractivity contribution in [3.8, 4) is 0 Å². The molecular formula is C20H23N3O4S. The smallest absolute Gasteiger partial charge is 0.281 e. The molecule has 0 aliphatic carbocycles. The SMILES string of the molecule is CN(C)S(=O)(=O)N1CCC[C@H](C(=O)Nc2ccc3c(c2)oc2ccccc23)C1. The zero-order chi connectivity index (χ0) is 19.9. The van der Waals surface area contributed by atoms with E-state index in [-0.39, 0.29) is 18.4 Å². The number of nitrogens with zero attached hydrogens (tertiary/aromatic N) is 2. The summed E-state index contributed by atoms with van der Waals surface area (Å²) in [4.78, 5) is 12.7. The number of anilines is 1. The fourth-order valence-corrected chi connectivity index (χ4v) is 4.83. The van der Waals surface area contributed by atoms with Gasteiger partial charge in [-0.25, -0.2) is 0 Å². The van der Waals surface area contributed by atoms with Crippen LogP contribution in [0.4, 0.5) is 5.69 Å². The lowest BCUT2D eigenvalue weighted by Gasteiger charge is -2.32. The average molecular weight is 401 g/mol. The molecule has 1 saturated heterocycles. The van der Waals surface area contributed by atoms with Crippen molar-refractivity contribution >= 4 is 43.7 Å². The monoisotopic (exact) mass is 401 g/mol. The molecule has 1 aromatic heterocycles. The van der Waals surface area contributed by atoms with E-state index in [0.29, 0.717) is 30.7 Å². The van der Waals surface area contributed by atoms with Gasteiger partial charge in [0.05, 0.1) is 5.92 Å². The van der Waals surface area contributed by atoms with Gasteiger partial charge in [-0.05, 0) is 31.0 Å². The summed E-state index contributed by atoms with van der Waals surface area (Å²) in [6.45, 7) is 0.633. The van der Waals surface area contributed by atoms with Crippen molar-refractivity contribution < 1.29 is 17.6 Å². The fraction of sp³-hybridized carbons (Fsp3) is 0.350. The van der Waals surface area contributed by atoms with Gasteiger partial charge in [0.2, 0.25) is 5.91 Å². The van der Waals surface area contributed by atoms with Crippen LogP contribution in [0, 0.1) is 5.92 Å². The summed E-state index contributed by atoms with van der Waals surface area (Å²) in [5, 5.41) is 4.94. The Balaban J connectivity index is 1.52. The molecule has 0 unspecified atom stereocenters. The van der Waals surface area contributed by atoms with Crippen molar-refractivity contribution in [3.63, 3.8) is 0 Å².